The lowest BCUT2D eigenvalue weighted by molar-refractivity contribution is 0.659. The Morgan fingerprint density at radius 2 is 1.72 bits per heavy atom. The van der Waals surface area contributed by atoms with E-state index in [1.54, 1.807) is 0 Å². The molecule has 0 saturated heterocycles. The van der Waals surface area contributed by atoms with Gasteiger partial charge in [0, 0.05) is 16.3 Å². The van der Waals surface area contributed by atoms with E-state index in [0.717, 1.165) is 29.2 Å². The number of nitrogens with zero attached hydrogens (tertiary/aromatic N) is 3. The van der Waals surface area contributed by atoms with E-state index in [-0.39, 0.29) is 0 Å². The van der Waals surface area contributed by atoms with Crippen molar-refractivity contribution < 1.29 is 0 Å². The second-order valence-electron chi connectivity index (χ2n) is 6.10. The molecule has 2 aromatic carbocycles. The highest BCUT2D eigenvalue weighted by Crippen LogP contribution is 2.15. The number of nitrogens with one attached hydrogen (secondary N) is 1. The smallest absolute Gasteiger partial charge is 0.0685 e. The molecule has 0 radical (unpaired) electrons. The SMILES string of the molecule is Cc1ccc(Cn2nc(C)c(/C=N\Nc3ccc(Cl)cc3)c2C)cc1. The van der Waals surface area contributed by atoms with Crippen LogP contribution >= 0.6 is 11.6 Å². The van der Waals surface area contributed by atoms with Gasteiger partial charge in [-0.15, -0.1) is 0 Å². The first-order chi connectivity index (χ1) is 12.0. The summed E-state index contributed by atoms with van der Waals surface area (Å²) < 4.78 is 2.02. The number of hydrogen-bond acceptors (Lipinski definition) is 3. The molecule has 3 aromatic rings. The van der Waals surface area contributed by atoms with Crippen molar-refractivity contribution in [3.63, 3.8) is 0 Å². The Hall–Kier alpha value is -2.59. The third-order valence-electron chi connectivity index (χ3n) is 4.12. The molecule has 1 heterocycles. The summed E-state index contributed by atoms with van der Waals surface area (Å²) in [5.74, 6) is 0. The largest absolute Gasteiger partial charge is 0.279 e. The summed E-state index contributed by atoms with van der Waals surface area (Å²) in [6.07, 6.45) is 1.82. The second-order valence-corrected chi connectivity index (χ2v) is 6.54. The van der Waals surface area contributed by atoms with E-state index in [4.69, 9.17) is 11.6 Å². The fourth-order valence-corrected chi connectivity index (χ4v) is 2.74. The molecule has 128 valence electrons. The molecule has 5 heteroatoms. The molecule has 1 aromatic heterocycles. The predicted octanol–water partition coefficient (Wildman–Crippen LogP) is 4.96. The average Bonchev–Trinajstić information content (AvgIpc) is 2.86. The zero-order valence-electron chi connectivity index (χ0n) is 14.6. The van der Waals surface area contributed by atoms with Crippen LogP contribution in [-0.4, -0.2) is 16.0 Å². The van der Waals surface area contributed by atoms with Crippen molar-refractivity contribution in [1.29, 1.82) is 0 Å². The number of benzene rings is 2. The van der Waals surface area contributed by atoms with Crippen molar-refractivity contribution in [3.8, 4) is 0 Å². The fraction of sp³-hybridized carbons (Fsp3) is 0.200. The molecule has 25 heavy (non-hydrogen) atoms. The molecule has 3 rings (SSSR count). The Bertz CT molecular complexity index is 877. The molecule has 0 atom stereocenters. The first-order valence-electron chi connectivity index (χ1n) is 8.17. The molecule has 0 amide bonds. The highest BCUT2D eigenvalue weighted by atomic mass is 35.5. The van der Waals surface area contributed by atoms with Crippen LogP contribution < -0.4 is 5.43 Å². The van der Waals surface area contributed by atoms with Gasteiger partial charge in [0.25, 0.3) is 0 Å². The molecule has 0 aliphatic carbocycles. The van der Waals surface area contributed by atoms with Crippen LogP contribution in [0.5, 0.6) is 0 Å². The van der Waals surface area contributed by atoms with Crippen molar-refractivity contribution in [1.82, 2.24) is 9.78 Å². The minimum Gasteiger partial charge on any atom is -0.279 e. The second kappa shape index (κ2) is 7.53. The number of halogens is 1. The molecule has 1 N–H and O–H groups in total. The van der Waals surface area contributed by atoms with Crippen molar-refractivity contribution in [2.75, 3.05) is 5.43 Å². The highest BCUT2D eigenvalue weighted by molar-refractivity contribution is 6.30. The number of hydrogen-bond donors (Lipinski definition) is 1. The van der Waals surface area contributed by atoms with Crippen molar-refractivity contribution >= 4 is 23.5 Å². The van der Waals surface area contributed by atoms with E-state index in [1.165, 1.54) is 11.1 Å². The average molecular weight is 353 g/mol. The lowest BCUT2D eigenvalue weighted by Gasteiger charge is -2.05. The van der Waals surface area contributed by atoms with E-state index < -0.39 is 0 Å². The number of hydrazone groups is 1. The van der Waals surface area contributed by atoms with E-state index in [1.807, 2.05) is 42.1 Å². The highest BCUT2D eigenvalue weighted by Gasteiger charge is 2.10. The minimum atomic E-state index is 0.707. The third-order valence-corrected chi connectivity index (χ3v) is 4.37. The number of aryl methyl sites for hydroxylation is 2. The van der Waals surface area contributed by atoms with Crippen LogP contribution in [0.1, 0.15) is 28.1 Å². The van der Waals surface area contributed by atoms with Gasteiger partial charge in [0.15, 0.2) is 0 Å². The summed E-state index contributed by atoms with van der Waals surface area (Å²) in [6.45, 7) is 6.92. The summed E-state index contributed by atoms with van der Waals surface area (Å²) in [4.78, 5) is 0. The Kier molecular flexibility index (Phi) is 5.19. The Morgan fingerprint density at radius 1 is 1.04 bits per heavy atom. The molecule has 0 unspecified atom stereocenters. The molecular formula is C20H21ClN4. The summed E-state index contributed by atoms with van der Waals surface area (Å²) in [6, 6.07) is 16.0. The quantitative estimate of drug-likeness (QED) is 0.521. The maximum Gasteiger partial charge on any atom is 0.0685 e. The molecular weight excluding hydrogens is 332 g/mol. The van der Waals surface area contributed by atoms with Gasteiger partial charge < -0.3 is 0 Å². The minimum absolute atomic E-state index is 0.707. The van der Waals surface area contributed by atoms with Crippen LogP contribution in [0.2, 0.25) is 5.02 Å². The van der Waals surface area contributed by atoms with E-state index in [9.17, 15) is 0 Å². The van der Waals surface area contributed by atoms with Crippen molar-refractivity contribution in [3.05, 3.63) is 81.6 Å². The summed E-state index contributed by atoms with van der Waals surface area (Å²) >= 11 is 5.88. The van der Waals surface area contributed by atoms with Crippen LogP contribution in [0.15, 0.2) is 53.6 Å². The van der Waals surface area contributed by atoms with Crippen LogP contribution in [0.3, 0.4) is 0 Å². The topological polar surface area (TPSA) is 42.2 Å². The molecule has 0 saturated carbocycles. The van der Waals surface area contributed by atoms with Gasteiger partial charge in [0.2, 0.25) is 0 Å². The summed E-state index contributed by atoms with van der Waals surface area (Å²) in [5, 5.41) is 9.68. The van der Waals surface area contributed by atoms with E-state index in [0.29, 0.717) is 5.02 Å². The van der Waals surface area contributed by atoms with Gasteiger partial charge in [-0.3, -0.25) is 10.1 Å². The van der Waals surface area contributed by atoms with Gasteiger partial charge >= 0.3 is 0 Å². The van der Waals surface area contributed by atoms with Gasteiger partial charge in [0.05, 0.1) is 24.1 Å². The summed E-state index contributed by atoms with van der Waals surface area (Å²) in [7, 11) is 0. The number of anilines is 1. The number of rotatable bonds is 5. The van der Waals surface area contributed by atoms with Gasteiger partial charge in [0.1, 0.15) is 0 Å². The predicted molar refractivity (Wildman–Crippen MR) is 105 cm³/mol. The molecule has 0 aliphatic rings. The Morgan fingerprint density at radius 3 is 2.40 bits per heavy atom. The Balaban J connectivity index is 1.73. The molecule has 0 aliphatic heterocycles. The standard InChI is InChI=1S/C20H21ClN4/c1-14-4-6-17(7-5-14)13-25-16(3)20(15(2)24-25)12-22-23-19-10-8-18(21)9-11-19/h4-12,23H,13H2,1-3H3/b22-12-. The first kappa shape index (κ1) is 17.2. The van der Waals surface area contributed by atoms with E-state index in [2.05, 4.69) is 53.7 Å². The van der Waals surface area contributed by atoms with E-state index >= 15 is 0 Å². The molecule has 0 bridgehead atoms. The van der Waals surface area contributed by atoms with Crippen LogP contribution in [0.25, 0.3) is 0 Å². The van der Waals surface area contributed by atoms with Crippen LogP contribution in [0, 0.1) is 20.8 Å². The van der Waals surface area contributed by atoms with Crippen molar-refractivity contribution in [2.45, 2.75) is 27.3 Å². The maximum absolute atomic E-state index is 5.88. The fourth-order valence-electron chi connectivity index (χ4n) is 2.61. The van der Waals surface area contributed by atoms with Crippen molar-refractivity contribution in [2.24, 2.45) is 5.10 Å². The van der Waals surface area contributed by atoms with Crippen LogP contribution in [-0.2, 0) is 6.54 Å². The summed E-state index contributed by atoms with van der Waals surface area (Å²) in [5.41, 5.74) is 9.50. The van der Waals surface area contributed by atoms with Gasteiger partial charge in [-0.05, 0) is 50.6 Å². The molecule has 0 spiro atoms. The van der Waals surface area contributed by atoms with Crippen LogP contribution in [0.4, 0.5) is 5.69 Å². The lowest BCUT2D eigenvalue weighted by Crippen LogP contribution is -2.04. The third kappa shape index (κ3) is 4.28. The maximum atomic E-state index is 5.88. The van der Waals surface area contributed by atoms with Gasteiger partial charge in [-0.2, -0.15) is 10.2 Å². The zero-order chi connectivity index (χ0) is 17.8. The monoisotopic (exact) mass is 352 g/mol. The van der Waals surface area contributed by atoms with Gasteiger partial charge in [-0.1, -0.05) is 41.4 Å². The normalized spacial score (nSPS) is 11.2. The molecule has 0 fully saturated rings. The number of aromatic nitrogens is 2. The Labute approximate surface area is 153 Å². The first-order valence-corrected chi connectivity index (χ1v) is 8.55. The lowest BCUT2D eigenvalue weighted by atomic mass is 10.1. The molecule has 4 nitrogen and oxygen atoms in total. The van der Waals surface area contributed by atoms with Gasteiger partial charge in [-0.25, -0.2) is 0 Å². The zero-order valence-corrected chi connectivity index (χ0v) is 15.4.